The standard InChI is InChI=1S/C13H9FN2O3/c14-10-8-9(2-1-7-17)3-4-11(10)16-13(18)12-5-6-15-19-12/h3-6,8,17H,7H2,(H,16,18). The number of halogens is 1. The highest BCUT2D eigenvalue weighted by Gasteiger charge is 2.12. The zero-order valence-electron chi connectivity index (χ0n) is 9.68. The first-order valence-corrected chi connectivity index (χ1v) is 5.32. The van der Waals surface area contributed by atoms with E-state index in [4.69, 9.17) is 5.11 Å². The molecule has 6 heteroatoms. The number of aliphatic hydroxyl groups excluding tert-OH is 1. The summed E-state index contributed by atoms with van der Waals surface area (Å²) in [6.07, 6.45) is 1.32. The maximum Gasteiger partial charge on any atom is 0.294 e. The number of aromatic nitrogens is 1. The zero-order chi connectivity index (χ0) is 13.7. The first kappa shape index (κ1) is 12.8. The van der Waals surface area contributed by atoms with Gasteiger partial charge in [-0.3, -0.25) is 4.79 Å². The summed E-state index contributed by atoms with van der Waals surface area (Å²) in [7, 11) is 0. The van der Waals surface area contributed by atoms with Crippen molar-refractivity contribution in [2.45, 2.75) is 0 Å². The summed E-state index contributed by atoms with van der Waals surface area (Å²) in [4.78, 5) is 11.6. The van der Waals surface area contributed by atoms with Gasteiger partial charge in [-0.1, -0.05) is 17.0 Å². The van der Waals surface area contributed by atoms with E-state index >= 15 is 0 Å². The SMILES string of the molecule is O=C(Nc1ccc(C#CCO)cc1F)c1ccno1. The van der Waals surface area contributed by atoms with Gasteiger partial charge >= 0.3 is 0 Å². The molecule has 1 aromatic carbocycles. The molecule has 0 aliphatic carbocycles. The van der Waals surface area contributed by atoms with Crippen LogP contribution in [0.3, 0.4) is 0 Å². The van der Waals surface area contributed by atoms with Crippen molar-refractivity contribution in [2.24, 2.45) is 0 Å². The molecule has 0 fully saturated rings. The Labute approximate surface area is 108 Å². The van der Waals surface area contributed by atoms with Crippen LogP contribution in [0.5, 0.6) is 0 Å². The summed E-state index contributed by atoms with van der Waals surface area (Å²) in [6.45, 7) is -0.300. The smallest absolute Gasteiger partial charge is 0.294 e. The van der Waals surface area contributed by atoms with Crippen LogP contribution in [0.15, 0.2) is 35.0 Å². The van der Waals surface area contributed by atoms with Crippen LogP contribution in [0.25, 0.3) is 0 Å². The number of rotatable bonds is 2. The molecule has 1 aromatic heterocycles. The molecular weight excluding hydrogens is 251 g/mol. The second-order valence-electron chi connectivity index (χ2n) is 3.49. The van der Waals surface area contributed by atoms with Crippen molar-refractivity contribution in [1.82, 2.24) is 5.16 Å². The van der Waals surface area contributed by atoms with Crippen molar-refractivity contribution in [1.29, 1.82) is 0 Å². The van der Waals surface area contributed by atoms with Crippen molar-refractivity contribution in [3.8, 4) is 11.8 Å². The molecule has 0 atom stereocenters. The fourth-order valence-electron chi connectivity index (χ4n) is 1.35. The van der Waals surface area contributed by atoms with Gasteiger partial charge in [-0.2, -0.15) is 0 Å². The summed E-state index contributed by atoms with van der Waals surface area (Å²) in [5, 5.41) is 14.3. The van der Waals surface area contributed by atoms with E-state index in [0.29, 0.717) is 5.56 Å². The summed E-state index contributed by atoms with van der Waals surface area (Å²) < 4.78 is 18.3. The third-order valence-electron chi connectivity index (χ3n) is 2.19. The number of hydrogen-bond acceptors (Lipinski definition) is 4. The van der Waals surface area contributed by atoms with Gasteiger partial charge in [0.15, 0.2) is 0 Å². The summed E-state index contributed by atoms with van der Waals surface area (Å²) in [6, 6.07) is 5.44. The minimum absolute atomic E-state index is 0.0101. The molecule has 0 bridgehead atoms. The Kier molecular flexibility index (Phi) is 3.90. The molecule has 0 spiro atoms. The molecular formula is C13H9FN2O3. The van der Waals surface area contributed by atoms with Gasteiger partial charge in [-0.25, -0.2) is 4.39 Å². The lowest BCUT2D eigenvalue weighted by molar-refractivity contribution is 0.0987. The maximum absolute atomic E-state index is 13.7. The number of nitrogens with zero attached hydrogens (tertiary/aromatic N) is 1. The van der Waals surface area contributed by atoms with Crippen LogP contribution in [0, 0.1) is 17.7 Å². The fraction of sp³-hybridized carbons (Fsp3) is 0.0769. The molecule has 0 aliphatic rings. The predicted octanol–water partition coefficient (Wildman–Crippen LogP) is 1.41. The predicted molar refractivity (Wildman–Crippen MR) is 64.8 cm³/mol. The molecule has 0 aliphatic heterocycles. The lowest BCUT2D eigenvalue weighted by Crippen LogP contribution is -2.12. The molecule has 5 nitrogen and oxygen atoms in total. The molecule has 0 saturated heterocycles. The molecule has 0 radical (unpaired) electrons. The number of carbonyl (C=O) groups excluding carboxylic acids is 1. The number of aliphatic hydroxyl groups is 1. The minimum Gasteiger partial charge on any atom is -0.384 e. The van der Waals surface area contributed by atoms with Crippen molar-refractivity contribution in [3.63, 3.8) is 0 Å². The van der Waals surface area contributed by atoms with Gasteiger partial charge in [-0.15, -0.1) is 0 Å². The van der Waals surface area contributed by atoms with Gasteiger partial charge in [0.2, 0.25) is 5.76 Å². The number of amides is 1. The quantitative estimate of drug-likeness (QED) is 0.800. The number of hydrogen-bond donors (Lipinski definition) is 2. The van der Waals surface area contributed by atoms with Gasteiger partial charge in [0, 0.05) is 11.6 Å². The Hall–Kier alpha value is -2.65. The number of carbonyl (C=O) groups is 1. The minimum atomic E-state index is -0.627. The van der Waals surface area contributed by atoms with Gasteiger partial charge in [0.05, 0.1) is 11.9 Å². The van der Waals surface area contributed by atoms with Gasteiger partial charge < -0.3 is 14.9 Å². The third kappa shape index (κ3) is 3.18. The second kappa shape index (κ2) is 5.80. The Morgan fingerprint density at radius 2 is 2.32 bits per heavy atom. The van der Waals surface area contributed by atoms with Gasteiger partial charge in [-0.05, 0) is 18.2 Å². The summed E-state index contributed by atoms with van der Waals surface area (Å²) in [5.41, 5.74) is 0.417. The fourth-order valence-corrected chi connectivity index (χ4v) is 1.35. The van der Waals surface area contributed by atoms with Crippen molar-refractivity contribution >= 4 is 11.6 Å². The molecule has 1 amide bonds. The van der Waals surface area contributed by atoms with Crippen LogP contribution in [0.1, 0.15) is 16.1 Å². The van der Waals surface area contributed by atoms with E-state index in [1.54, 1.807) is 0 Å². The first-order chi connectivity index (χ1) is 9.20. The highest BCUT2D eigenvalue weighted by atomic mass is 19.1. The average molecular weight is 260 g/mol. The highest BCUT2D eigenvalue weighted by molar-refractivity contribution is 6.02. The van der Waals surface area contributed by atoms with Crippen LogP contribution in [0.4, 0.5) is 10.1 Å². The average Bonchev–Trinajstić information content (AvgIpc) is 2.93. The molecule has 2 aromatic rings. The monoisotopic (exact) mass is 260 g/mol. The van der Waals surface area contributed by atoms with E-state index in [2.05, 4.69) is 26.8 Å². The Morgan fingerprint density at radius 3 is 2.95 bits per heavy atom. The Balaban J connectivity index is 2.15. The number of anilines is 1. The maximum atomic E-state index is 13.7. The van der Waals surface area contributed by atoms with Gasteiger partial charge in [0.1, 0.15) is 12.4 Å². The van der Waals surface area contributed by atoms with Crippen molar-refractivity contribution < 1.29 is 18.8 Å². The highest BCUT2D eigenvalue weighted by Crippen LogP contribution is 2.16. The number of nitrogens with one attached hydrogen (secondary N) is 1. The lowest BCUT2D eigenvalue weighted by Gasteiger charge is -2.04. The summed E-state index contributed by atoms with van der Waals surface area (Å²) in [5.74, 6) is 3.73. The van der Waals surface area contributed by atoms with Crippen LogP contribution in [0.2, 0.25) is 0 Å². The van der Waals surface area contributed by atoms with E-state index in [-0.39, 0.29) is 18.1 Å². The molecule has 19 heavy (non-hydrogen) atoms. The second-order valence-corrected chi connectivity index (χ2v) is 3.49. The van der Waals surface area contributed by atoms with E-state index in [1.165, 1.54) is 30.5 Å². The lowest BCUT2D eigenvalue weighted by atomic mass is 10.2. The largest absolute Gasteiger partial charge is 0.384 e. The van der Waals surface area contributed by atoms with Crippen LogP contribution in [-0.4, -0.2) is 22.8 Å². The molecule has 2 N–H and O–H groups in total. The number of benzene rings is 1. The topological polar surface area (TPSA) is 75.4 Å². The zero-order valence-corrected chi connectivity index (χ0v) is 9.68. The third-order valence-corrected chi connectivity index (χ3v) is 2.19. The Morgan fingerprint density at radius 1 is 1.47 bits per heavy atom. The van der Waals surface area contributed by atoms with E-state index in [1.807, 2.05) is 0 Å². The summed E-state index contributed by atoms with van der Waals surface area (Å²) >= 11 is 0. The molecule has 1 heterocycles. The van der Waals surface area contributed by atoms with Crippen molar-refractivity contribution in [3.05, 3.63) is 47.6 Å². The van der Waals surface area contributed by atoms with E-state index in [0.717, 1.165) is 0 Å². The Bertz CT molecular complexity index is 642. The first-order valence-electron chi connectivity index (χ1n) is 5.32. The molecule has 96 valence electrons. The normalized spacial score (nSPS) is 9.58. The van der Waals surface area contributed by atoms with Crippen LogP contribution in [-0.2, 0) is 0 Å². The van der Waals surface area contributed by atoms with Crippen LogP contribution < -0.4 is 5.32 Å². The van der Waals surface area contributed by atoms with Gasteiger partial charge in [0.25, 0.3) is 5.91 Å². The van der Waals surface area contributed by atoms with E-state index in [9.17, 15) is 9.18 Å². The van der Waals surface area contributed by atoms with Crippen LogP contribution >= 0.6 is 0 Å². The molecule has 0 saturated carbocycles. The van der Waals surface area contributed by atoms with E-state index < -0.39 is 11.7 Å². The molecule has 2 rings (SSSR count). The molecule has 0 unspecified atom stereocenters. The van der Waals surface area contributed by atoms with Crippen molar-refractivity contribution in [2.75, 3.05) is 11.9 Å².